The molecule has 1 unspecified atom stereocenters. The van der Waals surface area contributed by atoms with Gasteiger partial charge >= 0.3 is 5.97 Å². The fourth-order valence-electron chi connectivity index (χ4n) is 2.17. The molecule has 1 aliphatic heterocycles. The van der Waals surface area contributed by atoms with Crippen molar-refractivity contribution in [2.75, 3.05) is 32.8 Å². The number of likely N-dealkylation sites (tertiary alicyclic amines) is 1. The lowest BCUT2D eigenvalue weighted by atomic mass is 10.1. The summed E-state index contributed by atoms with van der Waals surface area (Å²) in [6.45, 7) is 7.41. The second-order valence-electron chi connectivity index (χ2n) is 4.68. The lowest BCUT2D eigenvalue weighted by molar-refractivity contribution is -0.150. The van der Waals surface area contributed by atoms with Crippen LogP contribution in [0.15, 0.2) is 0 Å². The van der Waals surface area contributed by atoms with E-state index in [4.69, 9.17) is 15.2 Å². The molecule has 0 bridgehead atoms. The first-order chi connectivity index (χ1) is 8.69. The maximum atomic E-state index is 11.6. The molecule has 5 heteroatoms. The molecule has 1 rings (SSSR count). The van der Waals surface area contributed by atoms with Gasteiger partial charge in [-0.15, -0.1) is 0 Å². The Morgan fingerprint density at radius 3 is 2.67 bits per heavy atom. The summed E-state index contributed by atoms with van der Waals surface area (Å²) < 4.78 is 10.8. The monoisotopic (exact) mass is 258 g/mol. The Morgan fingerprint density at radius 2 is 2.11 bits per heavy atom. The first kappa shape index (κ1) is 15.4. The summed E-state index contributed by atoms with van der Waals surface area (Å²) in [4.78, 5) is 13.8. The Kier molecular flexibility index (Phi) is 7.23. The van der Waals surface area contributed by atoms with Gasteiger partial charge in [-0.1, -0.05) is 0 Å². The molecule has 106 valence electrons. The normalized spacial score (nSPS) is 19.7. The highest BCUT2D eigenvalue weighted by atomic mass is 16.5. The van der Waals surface area contributed by atoms with Crippen molar-refractivity contribution in [3.05, 3.63) is 0 Å². The number of esters is 1. The van der Waals surface area contributed by atoms with Gasteiger partial charge in [0.25, 0.3) is 0 Å². The van der Waals surface area contributed by atoms with Crippen LogP contribution in [0.2, 0.25) is 0 Å². The van der Waals surface area contributed by atoms with Crippen LogP contribution in [0.5, 0.6) is 0 Å². The van der Waals surface area contributed by atoms with Gasteiger partial charge in [-0.05, 0) is 39.7 Å². The van der Waals surface area contributed by atoms with E-state index in [1.165, 1.54) is 0 Å². The van der Waals surface area contributed by atoms with Gasteiger partial charge in [-0.25, -0.2) is 0 Å². The number of hydrogen-bond acceptors (Lipinski definition) is 5. The molecular formula is C13H26N2O3. The molecule has 1 atom stereocenters. The maximum Gasteiger partial charge on any atom is 0.323 e. The maximum absolute atomic E-state index is 11.6. The van der Waals surface area contributed by atoms with Crippen LogP contribution in [0.3, 0.4) is 0 Å². The Bertz CT molecular complexity index is 240. The zero-order chi connectivity index (χ0) is 13.4. The third-order valence-electron chi connectivity index (χ3n) is 3.35. The van der Waals surface area contributed by atoms with Gasteiger partial charge < -0.3 is 15.2 Å². The van der Waals surface area contributed by atoms with E-state index in [0.29, 0.717) is 19.3 Å². The second-order valence-corrected chi connectivity index (χ2v) is 4.68. The van der Waals surface area contributed by atoms with E-state index in [-0.39, 0.29) is 12.0 Å². The molecule has 0 saturated carbocycles. The van der Waals surface area contributed by atoms with Gasteiger partial charge in [0.1, 0.15) is 6.04 Å². The average molecular weight is 258 g/mol. The number of carbonyl (C=O) groups is 1. The van der Waals surface area contributed by atoms with Gasteiger partial charge in [-0.3, -0.25) is 9.69 Å². The van der Waals surface area contributed by atoms with Crippen LogP contribution in [-0.2, 0) is 14.3 Å². The standard InChI is InChI=1S/C13H26N2O3/c1-3-17-13(16)11(2)15-8-5-12(6-9-15)18-10-4-7-14/h11-12H,3-10,14H2,1-2H3. The quantitative estimate of drug-likeness (QED) is 0.540. The zero-order valence-electron chi connectivity index (χ0n) is 11.6. The Labute approximate surface area is 110 Å². The summed E-state index contributed by atoms with van der Waals surface area (Å²) >= 11 is 0. The van der Waals surface area contributed by atoms with E-state index in [1.54, 1.807) is 0 Å². The minimum atomic E-state index is -0.144. The highest BCUT2D eigenvalue weighted by Crippen LogP contribution is 2.16. The van der Waals surface area contributed by atoms with E-state index >= 15 is 0 Å². The van der Waals surface area contributed by atoms with E-state index in [9.17, 15) is 4.79 Å². The number of hydrogen-bond donors (Lipinski definition) is 1. The fourth-order valence-corrected chi connectivity index (χ4v) is 2.17. The topological polar surface area (TPSA) is 64.8 Å². The van der Waals surface area contributed by atoms with Crippen LogP contribution in [0.1, 0.15) is 33.1 Å². The van der Waals surface area contributed by atoms with Crippen molar-refractivity contribution < 1.29 is 14.3 Å². The largest absolute Gasteiger partial charge is 0.465 e. The number of ether oxygens (including phenoxy) is 2. The molecule has 0 aromatic rings. The molecule has 0 amide bonds. The minimum absolute atomic E-state index is 0.125. The third kappa shape index (κ3) is 4.92. The van der Waals surface area contributed by atoms with Crippen molar-refractivity contribution in [2.24, 2.45) is 5.73 Å². The Hall–Kier alpha value is -0.650. The highest BCUT2D eigenvalue weighted by molar-refractivity contribution is 5.75. The van der Waals surface area contributed by atoms with E-state index < -0.39 is 0 Å². The van der Waals surface area contributed by atoms with Crippen LogP contribution in [0.25, 0.3) is 0 Å². The van der Waals surface area contributed by atoms with Gasteiger partial charge in [0.2, 0.25) is 0 Å². The summed E-state index contributed by atoms with van der Waals surface area (Å²) in [6, 6.07) is -0.144. The predicted octanol–water partition coefficient (Wildman–Crippen LogP) is 0.768. The van der Waals surface area contributed by atoms with Crippen molar-refractivity contribution in [1.82, 2.24) is 4.90 Å². The van der Waals surface area contributed by atoms with E-state index in [2.05, 4.69) is 4.90 Å². The highest BCUT2D eigenvalue weighted by Gasteiger charge is 2.27. The second kappa shape index (κ2) is 8.45. The lowest BCUT2D eigenvalue weighted by Crippen LogP contribution is -2.46. The van der Waals surface area contributed by atoms with Crippen molar-refractivity contribution >= 4 is 5.97 Å². The van der Waals surface area contributed by atoms with Crippen LogP contribution < -0.4 is 5.73 Å². The average Bonchev–Trinajstić information content (AvgIpc) is 2.39. The molecule has 0 aromatic carbocycles. The number of carbonyl (C=O) groups excluding carboxylic acids is 1. The molecule has 1 saturated heterocycles. The van der Waals surface area contributed by atoms with Crippen LogP contribution >= 0.6 is 0 Å². The number of piperidine rings is 1. The number of nitrogens with zero attached hydrogens (tertiary/aromatic N) is 1. The minimum Gasteiger partial charge on any atom is -0.465 e. The van der Waals surface area contributed by atoms with Crippen molar-refractivity contribution in [3.8, 4) is 0 Å². The summed E-state index contributed by atoms with van der Waals surface area (Å²) in [5.74, 6) is -0.125. The molecule has 0 radical (unpaired) electrons. The number of rotatable bonds is 7. The van der Waals surface area contributed by atoms with Crippen molar-refractivity contribution in [3.63, 3.8) is 0 Å². The summed E-state index contributed by atoms with van der Waals surface area (Å²) in [6.07, 6.45) is 3.20. The van der Waals surface area contributed by atoms with Gasteiger partial charge in [0.05, 0.1) is 12.7 Å². The zero-order valence-corrected chi connectivity index (χ0v) is 11.6. The molecule has 5 nitrogen and oxygen atoms in total. The molecule has 0 aliphatic carbocycles. The summed E-state index contributed by atoms with van der Waals surface area (Å²) in [5.41, 5.74) is 5.43. The lowest BCUT2D eigenvalue weighted by Gasteiger charge is -2.34. The van der Waals surface area contributed by atoms with Crippen LogP contribution in [-0.4, -0.2) is 55.9 Å². The molecule has 1 fully saturated rings. The van der Waals surface area contributed by atoms with Gasteiger partial charge in [-0.2, -0.15) is 0 Å². The van der Waals surface area contributed by atoms with E-state index in [0.717, 1.165) is 39.0 Å². The molecule has 0 spiro atoms. The van der Waals surface area contributed by atoms with Crippen molar-refractivity contribution in [1.29, 1.82) is 0 Å². The molecule has 0 aromatic heterocycles. The fraction of sp³-hybridized carbons (Fsp3) is 0.923. The first-order valence-corrected chi connectivity index (χ1v) is 6.91. The molecule has 2 N–H and O–H groups in total. The summed E-state index contributed by atoms with van der Waals surface area (Å²) in [5, 5.41) is 0. The number of nitrogens with two attached hydrogens (primary N) is 1. The van der Waals surface area contributed by atoms with Gasteiger partial charge in [0, 0.05) is 19.7 Å². The molecule has 18 heavy (non-hydrogen) atoms. The Balaban J connectivity index is 2.23. The molecule has 1 heterocycles. The van der Waals surface area contributed by atoms with Gasteiger partial charge in [0.15, 0.2) is 0 Å². The summed E-state index contributed by atoms with van der Waals surface area (Å²) in [7, 11) is 0. The SMILES string of the molecule is CCOC(=O)C(C)N1CCC(OCCCN)CC1. The third-order valence-corrected chi connectivity index (χ3v) is 3.35. The molecule has 1 aliphatic rings. The van der Waals surface area contributed by atoms with E-state index in [1.807, 2.05) is 13.8 Å². The first-order valence-electron chi connectivity index (χ1n) is 6.91. The van der Waals surface area contributed by atoms with Crippen LogP contribution in [0, 0.1) is 0 Å². The van der Waals surface area contributed by atoms with Crippen LogP contribution in [0.4, 0.5) is 0 Å². The van der Waals surface area contributed by atoms with Crippen molar-refractivity contribution in [2.45, 2.75) is 45.3 Å². The smallest absolute Gasteiger partial charge is 0.323 e. The Morgan fingerprint density at radius 1 is 1.44 bits per heavy atom. The predicted molar refractivity (Wildman–Crippen MR) is 70.3 cm³/mol. The molecular weight excluding hydrogens is 232 g/mol.